The van der Waals surface area contributed by atoms with Crippen LogP contribution >= 0.6 is 11.6 Å². The molecule has 0 saturated carbocycles. The highest BCUT2D eigenvalue weighted by molar-refractivity contribution is 6.32. The van der Waals surface area contributed by atoms with Crippen molar-refractivity contribution in [1.29, 1.82) is 0 Å². The molecule has 3 nitrogen and oxygen atoms in total. The van der Waals surface area contributed by atoms with E-state index in [1.54, 1.807) is 0 Å². The Morgan fingerprint density at radius 2 is 2.07 bits per heavy atom. The molecule has 1 aromatic carbocycles. The van der Waals surface area contributed by atoms with Gasteiger partial charge in [-0.2, -0.15) is 4.39 Å². The van der Waals surface area contributed by atoms with Crippen LogP contribution in [0.1, 0.15) is 5.56 Å². The molecule has 6 heteroatoms. The van der Waals surface area contributed by atoms with Gasteiger partial charge >= 0.3 is 0 Å². The van der Waals surface area contributed by atoms with E-state index in [-0.39, 0.29) is 29.4 Å². The van der Waals surface area contributed by atoms with Crippen LogP contribution in [0, 0.1) is 11.6 Å². The number of rotatable bonds is 4. The fraction of sp³-hybridized carbons (Fsp3) is 0.333. The molecule has 0 fully saturated rings. The highest BCUT2D eigenvalue weighted by Crippen LogP contribution is 2.31. The zero-order chi connectivity index (χ0) is 11.4. The largest absolute Gasteiger partial charge is 0.492 e. The van der Waals surface area contributed by atoms with E-state index in [2.05, 4.69) is 9.57 Å². The predicted octanol–water partition coefficient (Wildman–Crippen LogP) is 2.06. The molecule has 0 radical (unpaired) electrons. The quantitative estimate of drug-likeness (QED) is 0.644. The first-order valence-electron chi connectivity index (χ1n) is 4.13. The number of methoxy groups -OCH3 is 1. The molecule has 0 bridgehead atoms. The molecule has 0 saturated heterocycles. The molecule has 0 aliphatic heterocycles. The van der Waals surface area contributed by atoms with E-state index < -0.39 is 11.6 Å². The van der Waals surface area contributed by atoms with Gasteiger partial charge in [-0.1, -0.05) is 11.6 Å². The number of hydrogen-bond donors (Lipinski definition) is 1. The van der Waals surface area contributed by atoms with Gasteiger partial charge in [-0.05, 0) is 11.6 Å². The maximum absolute atomic E-state index is 13.3. The summed E-state index contributed by atoms with van der Waals surface area (Å²) in [4.78, 5) is 4.27. The van der Waals surface area contributed by atoms with Crippen molar-refractivity contribution in [2.75, 3.05) is 13.7 Å². The van der Waals surface area contributed by atoms with Crippen molar-refractivity contribution >= 4 is 11.6 Å². The first-order chi connectivity index (χ1) is 7.11. The van der Waals surface area contributed by atoms with Crippen molar-refractivity contribution in [2.45, 2.75) is 6.42 Å². The van der Waals surface area contributed by atoms with Crippen molar-refractivity contribution in [3.8, 4) is 5.75 Å². The molecular formula is C9H10ClF2NO2. The number of halogens is 3. The van der Waals surface area contributed by atoms with Crippen LogP contribution < -0.4 is 10.6 Å². The SMILES string of the molecule is COc1c(Cl)cc(CCON)c(F)c1F. The van der Waals surface area contributed by atoms with E-state index in [1.165, 1.54) is 13.2 Å². The standard InChI is InChI=1S/C9H10ClF2NO2/c1-14-9-6(10)4-5(2-3-15-13)7(11)8(9)12/h4H,2-3,13H2,1H3. The minimum Gasteiger partial charge on any atom is -0.492 e. The van der Waals surface area contributed by atoms with Crippen LogP contribution in [0.2, 0.25) is 5.02 Å². The van der Waals surface area contributed by atoms with Gasteiger partial charge in [0.05, 0.1) is 18.7 Å². The fourth-order valence-corrected chi connectivity index (χ4v) is 1.46. The lowest BCUT2D eigenvalue weighted by Gasteiger charge is -2.09. The lowest BCUT2D eigenvalue weighted by atomic mass is 10.1. The van der Waals surface area contributed by atoms with E-state index >= 15 is 0 Å². The lowest BCUT2D eigenvalue weighted by Crippen LogP contribution is -2.06. The average Bonchev–Trinajstić information content (AvgIpc) is 2.22. The van der Waals surface area contributed by atoms with Gasteiger partial charge < -0.3 is 9.57 Å². The summed E-state index contributed by atoms with van der Waals surface area (Å²) in [7, 11) is 1.21. The third-order valence-corrected chi connectivity index (χ3v) is 2.17. The summed E-state index contributed by atoms with van der Waals surface area (Å²) in [6.07, 6.45) is 0.142. The summed E-state index contributed by atoms with van der Waals surface area (Å²) >= 11 is 5.68. The van der Waals surface area contributed by atoms with E-state index in [1.807, 2.05) is 0 Å². The van der Waals surface area contributed by atoms with Crippen LogP contribution in [0.3, 0.4) is 0 Å². The van der Waals surface area contributed by atoms with Gasteiger partial charge in [0.15, 0.2) is 11.6 Å². The molecule has 0 heterocycles. The second kappa shape index (κ2) is 5.25. The van der Waals surface area contributed by atoms with Crippen molar-refractivity contribution in [1.82, 2.24) is 0 Å². The van der Waals surface area contributed by atoms with E-state index in [9.17, 15) is 8.78 Å². The zero-order valence-corrected chi connectivity index (χ0v) is 8.78. The average molecular weight is 238 g/mol. The van der Waals surface area contributed by atoms with Crippen molar-refractivity contribution in [3.05, 3.63) is 28.3 Å². The molecule has 15 heavy (non-hydrogen) atoms. The number of nitrogens with two attached hydrogens (primary N) is 1. The Hall–Kier alpha value is -0.910. The predicted molar refractivity (Wildman–Crippen MR) is 51.8 cm³/mol. The number of ether oxygens (including phenoxy) is 1. The molecule has 0 aromatic heterocycles. The number of benzene rings is 1. The van der Waals surface area contributed by atoms with E-state index in [0.29, 0.717) is 0 Å². The maximum Gasteiger partial charge on any atom is 0.202 e. The number of hydrogen-bond acceptors (Lipinski definition) is 3. The van der Waals surface area contributed by atoms with Crippen LogP contribution in [-0.4, -0.2) is 13.7 Å². The molecule has 84 valence electrons. The highest BCUT2D eigenvalue weighted by atomic mass is 35.5. The third-order valence-electron chi connectivity index (χ3n) is 1.89. The summed E-state index contributed by atoms with van der Waals surface area (Å²) in [5.41, 5.74) is 0.101. The monoisotopic (exact) mass is 237 g/mol. The minimum absolute atomic E-state index is 0.0171. The van der Waals surface area contributed by atoms with E-state index in [4.69, 9.17) is 17.5 Å². The van der Waals surface area contributed by atoms with Gasteiger partial charge in [-0.3, -0.25) is 0 Å². The van der Waals surface area contributed by atoms with Gasteiger partial charge in [0, 0.05) is 6.42 Å². The van der Waals surface area contributed by atoms with Gasteiger partial charge in [0.25, 0.3) is 0 Å². The first-order valence-corrected chi connectivity index (χ1v) is 4.51. The molecular weight excluding hydrogens is 228 g/mol. The lowest BCUT2D eigenvalue weighted by molar-refractivity contribution is 0.140. The van der Waals surface area contributed by atoms with Crippen LogP contribution in [0.5, 0.6) is 5.75 Å². The minimum atomic E-state index is -1.10. The summed E-state index contributed by atoms with van der Waals surface area (Å²) < 4.78 is 31.2. The molecule has 2 N–H and O–H groups in total. The molecule has 1 rings (SSSR count). The smallest absolute Gasteiger partial charge is 0.202 e. The van der Waals surface area contributed by atoms with Gasteiger partial charge in [0.2, 0.25) is 5.82 Å². The Balaban J connectivity index is 3.10. The molecule has 0 unspecified atom stereocenters. The Morgan fingerprint density at radius 3 is 2.60 bits per heavy atom. The van der Waals surface area contributed by atoms with Crippen LogP contribution in [-0.2, 0) is 11.3 Å². The van der Waals surface area contributed by atoms with Gasteiger partial charge in [-0.25, -0.2) is 10.3 Å². The Morgan fingerprint density at radius 1 is 1.40 bits per heavy atom. The fourth-order valence-electron chi connectivity index (χ4n) is 1.17. The second-order valence-corrected chi connectivity index (χ2v) is 3.21. The molecule has 1 aromatic rings. The molecule has 0 aliphatic carbocycles. The summed E-state index contributed by atoms with van der Waals surface area (Å²) in [5, 5.41) is 0.0171. The zero-order valence-electron chi connectivity index (χ0n) is 8.02. The van der Waals surface area contributed by atoms with E-state index in [0.717, 1.165) is 0 Å². The van der Waals surface area contributed by atoms with Crippen LogP contribution in [0.25, 0.3) is 0 Å². The molecule has 0 spiro atoms. The van der Waals surface area contributed by atoms with Crippen LogP contribution in [0.15, 0.2) is 6.07 Å². The molecule has 0 atom stereocenters. The normalized spacial score (nSPS) is 10.5. The third kappa shape index (κ3) is 2.56. The van der Waals surface area contributed by atoms with Gasteiger partial charge in [-0.15, -0.1) is 0 Å². The van der Waals surface area contributed by atoms with Crippen molar-refractivity contribution in [2.24, 2.45) is 5.90 Å². The van der Waals surface area contributed by atoms with Crippen molar-refractivity contribution in [3.63, 3.8) is 0 Å². The highest BCUT2D eigenvalue weighted by Gasteiger charge is 2.17. The van der Waals surface area contributed by atoms with Crippen LogP contribution in [0.4, 0.5) is 8.78 Å². The Kier molecular flexibility index (Phi) is 4.26. The first kappa shape index (κ1) is 12.2. The Bertz CT molecular complexity index is 360. The van der Waals surface area contributed by atoms with Gasteiger partial charge in [0.1, 0.15) is 0 Å². The van der Waals surface area contributed by atoms with Crippen molar-refractivity contribution < 1.29 is 18.4 Å². The Labute approximate surface area is 90.7 Å². The second-order valence-electron chi connectivity index (χ2n) is 2.80. The summed E-state index contributed by atoms with van der Waals surface area (Å²) in [6, 6.07) is 1.29. The topological polar surface area (TPSA) is 44.5 Å². The molecule has 0 aliphatic rings. The summed E-state index contributed by atoms with van der Waals surface area (Å²) in [6.45, 7) is 0.0824. The summed E-state index contributed by atoms with van der Waals surface area (Å²) in [5.74, 6) is 2.39. The maximum atomic E-state index is 13.3. The molecule has 0 amide bonds.